The first kappa shape index (κ1) is 16.3. The molecule has 1 aromatic heterocycles. The Balaban J connectivity index is 1.98. The third-order valence-corrected chi connectivity index (χ3v) is 4.79. The number of aliphatic imine (C=N–C) groups is 1. The highest BCUT2D eigenvalue weighted by molar-refractivity contribution is 14.1. The third-order valence-electron chi connectivity index (χ3n) is 3.75. The second-order valence-corrected chi connectivity index (χ2v) is 7.00. The number of aryl methyl sites for hydroxylation is 1. The van der Waals surface area contributed by atoms with Crippen LogP contribution in [-0.2, 0) is 0 Å². The summed E-state index contributed by atoms with van der Waals surface area (Å²) >= 11 is 8.48. The molecule has 2 nitrogen and oxygen atoms in total. The Morgan fingerprint density at radius 2 is 1.74 bits per heavy atom. The number of rotatable bonds is 3. The summed E-state index contributed by atoms with van der Waals surface area (Å²) in [5, 5.41) is 0.662. The molecule has 0 atom stereocenters. The summed E-state index contributed by atoms with van der Waals surface area (Å²) < 4.78 is 3.47. The highest BCUT2D eigenvalue weighted by atomic mass is 127. The molecule has 0 bridgehead atoms. The van der Waals surface area contributed by atoms with Gasteiger partial charge in [0, 0.05) is 32.4 Å². The summed E-state index contributed by atoms with van der Waals surface area (Å²) in [6.45, 7) is 4.22. The van der Waals surface area contributed by atoms with Gasteiger partial charge in [-0.2, -0.15) is 0 Å². The predicted octanol–water partition coefficient (Wildman–Crippen LogP) is 6.10. The van der Waals surface area contributed by atoms with Gasteiger partial charge in [0.25, 0.3) is 0 Å². The average Bonchev–Trinajstić information content (AvgIpc) is 2.82. The normalized spacial score (nSPS) is 11.3. The van der Waals surface area contributed by atoms with Gasteiger partial charge in [-0.15, -0.1) is 0 Å². The van der Waals surface area contributed by atoms with E-state index in [1.54, 1.807) is 0 Å². The number of para-hydroxylation sites is 1. The fourth-order valence-corrected chi connectivity index (χ4v) is 3.15. The zero-order valence-corrected chi connectivity index (χ0v) is 15.8. The van der Waals surface area contributed by atoms with E-state index in [0.29, 0.717) is 5.02 Å². The van der Waals surface area contributed by atoms with Gasteiger partial charge in [-0.25, -0.2) is 0 Å². The molecule has 0 aliphatic rings. The van der Waals surface area contributed by atoms with E-state index in [9.17, 15) is 0 Å². The van der Waals surface area contributed by atoms with E-state index < -0.39 is 0 Å². The molecule has 0 unspecified atom stereocenters. The van der Waals surface area contributed by atoms with E-state index in [1.165, 1.54) is 15.0 Å². The molecule has 0 fully saturated rings. The van der Waals surface area contributed by atoms with Gasteiger partial charge in [0.15, 0.2) is 0 Å². The standard InChI is InChI=1S/C19H16ClIN2/c1-13-11-15(12-22-19-6-4-3-5-18(19)20)14(2)23(13)17-9-7-16(21)8-10-17/h3-12H,1-2H3. The summed E-state index contributed by atoms with van der Waals surface area (Å²) in [5.41, 5.74) is 5.40. The highest BCUT2D eigenvalue weighted by Crippen LogP contribution is 2.25. The number of hydrogen-bond acceptors (Lipinski definition) is 1. The van der Waals surface area contributed by atoms with Crippen molar-refractivity contribution in [3.05, 3.63) is 80.1 Å². The minimum atomic E-state index is 0.662. The van der Waals surface area contributed by atoms with Crippen LogP contribution in [0.3, 0.4) is 0 Å². The molecule has 0 spiro atoms. The molecule has 2 aromatic carbocycles. The Morgan fingerprint density at radius 3 is 2.43 bits per heavy atom. The van der Waals surface area contributed by atoms with E-state index >= 15 is 0 Å². The van der Waals surface area contributed by atoms with Crippen LogP contribution in [0.15, 0.2) is 59.6 Å². The molecule has 0 N–H and O–H groups in total. The Hall–Kier alpha value is -1.59. The summed E-state index contributed by atoms with van der Waals surface area (Å²) in [5.74, 6) is 0. The maximum Gasteiger partial charge on any atom is 0.0816 e. The lowest BCUT2D eigenvalue weighted by atomic mass is 10.2. The van der Waals surface area contributed by atoms with Crippen LogP contribution in [0.2, 0.25) is 5.02 Å². The summed E-state index contributed by atoms with van der Waals surface area (Å²) in [6.07, 6.45) is 1.88. The van der Waals surface area contributed by atoms with Crippen molar-refractivity contribution in [2.45, 2.75) is 13.8 Å². The molecule has 0 amide bonds. The van der Waals surface area contributed by atoms with Crippen LogP contribution in [0.4, 0.5) is 5.69 Å². The Kier molecular flexibility index (Phi) is 4.87. The van der Waals surface area contributed by atoms with Gasteiger partial charge < -0.3 is 4.57 Å². The van der Waals surface area contributed by atoms with Crippen molar-refractivity contribution in [3.8, 4) is 5.69 Å². The van der Waals surface area contributed by atoms with Crippen molar-refractivity contribution in [2.24, 2.45) is 4.99 Å². The minimum absolute atomic E-state index is 0.662. The van der Waals surface area contributed by atoms with Gasteiger partial charge in [0.2, 0.25) is 0 Å². The largest absolute Gasteiger partial charge is 0.318 e. The van der Waals surface area contributed by atoms with Crippen molar-refractivity contribution >= 4 is 46.1 Å². The molecule has 3 aromatic rings. The lowest BCUT2D eigenvalue weighted by Gasteiger charge is -2.09. The van der Waals surface area contributed by atoms with E-state index in [1.807, 2.05) is 30.5 Å². The van der Waals surface area contributed by atoms with E-state index in [2.05, 4.69) is 76.3 Å². The molecule has 116 valence electrons. The van der Waals surface area contributed by atoms with Crippen LogP contribution < -0.4 is 0 Å². The maximum atomic E-state index is 6.16. The zero-order chi connectivity index (χ0) is 16.4. The maximum absolute atomic E-state index is 6.16. The SMILES string of the molecule is Cc1cc(C=Nc2ccccc2Cl)c(C)n1-c1ccc(I)cc1. The zero-order valence-electron chi connectivity index (χ0n) is 12.9. The monoisotopic (exact) mass is 434 g/mol. The highest BCUT2D eigenvalue weighted by Gasteiger charge is 2.09. The van der Waals surface area contributed by atoms with E-state index in [4.69, 9.17) is 11.6 Å². The fourth-order valence-electron chi connectivity index (χ4n) is 2.60. The molecule has 4 heteroatoms. The summed E-state index contributed by atoms with van der Waals surface area (Å²) in [7, 11) is 0. The molecule has 23 heavy (non-hydrogen) atoms. The fraction of sp³-hybridized carbons (Fsp3) is 0.105. The molecule has 0 saturated carbocycles. The van der Waals surface area contributed by atoms with Crippen LogP contribution in [0.25, 0.3) is 5.69 Å². The van der Waals surface area contributed by atoms with Gasteiger partial charge in [0.05, 0.1) is 10.7 Å². The van der Waals surface area contributed by atoms with Gasteiger partial charge >= 0.3 is 0 Å². The molecule has 1 heterocycles. The number of benzene rings is 2. The Labute approximate surface area is 155 Å². The van der Waals surface area contributed by atoms with Gasteiger partial charge in [-0.05, 0) is 78.9 Å². The first-order chi connectivity index (χ1) is 11.1. The number of halogens is 2. The Bertz CT molecular complexity index is 864. The lowest BCUT2D eigenvalue weighted by molar-refractivity contribution is 0.964. The van der Waals surface area contributed by atoms with Gasteiger partial charge in [-0.1, -0.05) is 23.7 Å². The van der Waals surface area contributed by atoms with Crippen LogP contribution >= 0.6 is 34.2 Å². The number of hydrogen-bond donors (Lipinski definition) is 0. The smallest absolute Gasteiger partial charge is 0.0816 e. The average molecular weight is 435 g/mol. The topological polar surface area (TPSA) is 17.3 Å². The molecule has 0 aliphatic carbocycles. The van der Waals surface area contributed by atoms with Gasteiger partial charge in [-0.3, -0.25) is 4.99 Å². The van der Waals surface area contributed by atoms with E-state index in [-0.39, 0.29) is 0 Å². The molecular weight excluding hydrogens is 419 g/mol. The van der Waals surface area contributed by atoms with Crippen LogP contribution in [0, 0.1) is 17.4 Å². The van der Waals surface area contributed by atoms with Crippen molar-refractivity contribution in [1.29, 1.82) is 0 Å². The quantitative estimate of drug-likeness (QED) is 0.350. The third kappa shape index (κ3) is 3.51. The lowest BCUT2D eigenvalue weighted by Crippen LogP contribution is -1.99. The summed E-state index contributed by atoms with van der Waals surface area (Å²) in [4.78, 5) is 4.53. The minimum Gasteiger partial charge on any atom is -0.318 e. The van der Waals surface area contributed by atoms with Crippen LogP contribution in [0.1, 0.15) is 17.0 Å². The van der Waals surface area contributed by atoms with E-state index in [0.717, 1.165) is 16.9 Å². The number of aromatic nitrogens is 1. The van der Waals surface area contributed by atoms with Crippen molar-refractivity contribution in [2.75, 3.05) is 0 Å². The molecule has 0 aliphatic heterocycles. The second kappa shape index (κ2) is 6.89. The molecule has 0 radical (unpaired) electrons. The first-order valence-electron chi connectivity index (χ1n) is 7.30. The predicted molar refractivity (Wildman–Crippen MR) is 107 cm³/mol. The van der Waals surface area contributed by atoms with Crippen LogP contribution in [-0.4, -0.2) is 10.8 Å². The van der Waals surface area contributed by atoms with Crippen molar-refractivity contribution in [3.63, 3.8) is 0 Å². The summed E-state index contributed by atoms with van der Waals surface area (Å²) in [6, 6.07) is 18.3. The number of nitrogens with zero attached hydrogens (tertiary/aromatic N) is 2. The van der Waals surface area contributed by atoms with Gasteiger partial charge in [0.1, 0.15) is 0 Å². The first-order valence-corrected chi connectivity index (χ1v) is 8.75. The van der Waals surface area contributed by atoms with Crippen molar-refractivity contribution < 1.29 is 0 Å². The second-order valence-electron chi connectivity index (χ2n) is 5.35. The Morgan fingerprint density at radius 1 is 1.04 bits per heavy atom. The molecule has 3 rings (SSSR count). The van der Waals surface area contributed by atoms with Crippen LogP contribution in [0.5, 0.6) is 0 Å². The van der Waals surface area contributed by atoms with Crippen molar-refractivity contribution in [1.82, 2.24) is 4.57 Å². The molecule has 0 saturated heterocycles. The molecular formula is C19H16ClIN2.